The standard InChI is InChI=1S/C20H16N2O8/c1-12-8-19(24)30-17-9-13(6-7-14(12)17)28-11-20(25)29-10-18(23)21-15-4-2-3-5-16(15)22(26)27/h2-9H,10-11H2,1H3,(H,21,23). The summed E-state index contributed by atoms with van der Waals surface area (Å²) in [6, 6.07) is 11.7. The number of nitro benzene ring substituents is 1. The fourth-order valence-electron chi connectivity index (χ4n) is 2.65. The lowest BCUT2D eigenvalue weighted by molar-refractivity contribution is -0.383. The van der Waals surface area contributed by atoms with Crippen LogP contribution in [0.15, 0.2) is 57.7 Å². The van der Waals surface area contributed by atoms with Gasteiger partial charge in [-0.3, -0.25) is 14.9 Å². The van der Waals surface area contributed by atoms with Crippen LogP contribution in [-0.4, -0.2) is 30.0 Å². The number of anilines is 1. The van der Waals surface area contributed by atoms with E-state index in [9.17, 15) is 24.5 Å². The molecule has 10 heteroatoms. The lowest BCUT2D eigenvalue weighted by Gasteiger charge is -2.09. The molecule has 0 saturated heterocycles. The molecule has 1 amide bonds. The maximum Gasteiger partial charge on any atom is 0.344 e. The van der Waals surface area contributed by atoms with Crippen LogP contribution in [0.3, 0.4) is 0 Å². The molecule has 3 aromatic rings. The number of carbonyl (C=O) groups excluding carboxylic acids is 2. The maximum atomic E-state index is 11.9. The van der Waals surface area contributed by atoms with Crippen LogP contribution in [0.1, 0.15) is 5.56 Å². The number of ether oxygens (including phenoxy) is 2. The number of nitro groups is 1. The molecule has 10 nitrogen and oxygen atoms in total. The van der Waals surface area contributed by atoms with E-state index in [2.05, 4.69) is 5.32 Å². The average molecular weight is 412 g/mol. The second-order valence-corrected chi connectivity index (χ2v) is 6.18. The van der Waals surface area contributed by atoms with Gasteiger partial charge in [0.05, 0.1) is 4.92 Å². The molecule has 0 atom stereocenters. The Kier molecular flexibility index (Phi) is 6.06. The number of amides is 1. The fourth-order valence-corrected chi connectivity index (χ4v) is 2.65. The Balaban J connectivity index is 1.53. The number of hydrogen-bond donors (Lipinski definition) is 1. The molecule has 0 aliphatic carbocycles. The normalized spacial score (nSPS) is 10.4. The highest BCUT2D eigenvalue weighted by molar-refractivity contribution is 5.94. The molecule has 2 aromatic carbocycles. The second-order valence-electron chi connectivity index (χ2n) is 6.18. The maximum absolute atomic E-state index is 11.9. The number of hydrogen-bond acceptors (Lipinski definition) is 8. The lowest BCUT2D eigenvalue weighted by atomic mass is 10.1. The number of rotatable bonds is 7. The van der Waals surface area contributed by atoms with Crippen LogP contribution in [0, 0.1) is 17.0 Å². The van der Waals surface area contributed by atoms with Gasteiger partial charge in [-0.15, -0.1) is 0 Å². The van der Waals surface area contributed by atoms with Crippen molar-refractivity contribution in [3.63, 3.8) is 0 Å². The molecule has 0 unspecified atom stereocenters. The van der Waals surface area contributed by atoms with Gasteiger partial charge in [-0.2, -0.15) is 0 Å². The summed E-state index contributed by atoms with van der Waals surface area (Å²) in [4.78, 5) is 45.5. The zero-order valence-corrected chi connectivity index (χ0v) is 15.7. The Morgan fingerprint density at radius 1 is 1.13 bits per heavy atom. The number of carbonyl (C=O) groups is 2. The second kappa shape index (κ2) is 8.86. The molecule has 154 valence electrons. The van der Waals surface area contributed by atoms with E-state index in [-0.39, 0.29) is 17.1 Å². The van der Waals surface area contributed by atoms with Crippen LogP contribution in [0.2, 0.25) is 0 Å². The van der Waals surface area contributed by atoms with Crippen LogP contribution in [0.25, 0.3) is 11.0 Å². The molecule has 3 rings (SSSR count). The smallest absolute Gasteiger partial charge is 0.344 e. The van der Waals surface area contributed by atoms with Crippen LogP contribution >= 0.6 is 0 Å². The summed E-state index contributed by atoms with van der Waals surface area (Å²) in [5, 5.41) is 14.0. The van der Waals surface area contributed by atoms with Crippen molar-refractivity contribution < 1.29 is 28.4 Å². The summed E-state index contributed by atoms with van der Waals surface area (Å²) in [6.07, 6.45) is 0. The number of nitrogens with one attached hydrogen (secondary N) is 1. The summed E-state index contributed by atoms with van der Waals surface area (Å²) in [7, 11) is 0. The Labute approximate surface area is 169 Å². The summed E-state index contributed by atoms with van der Waals surface area (Å²) in [6.45, 7) is 0.645. The zero-order chi connectivity index (χ0) is 21.7. The molecule has 1 aromatic heterocycles. The molecule has 0 bridgehead atoms. The third-order valence-corrected chi connectivity index (χ3v) is 4.02. The van der Waals surface area contributed by atoms with Gasteiger partial charge in [0, 0.05) is 23.6 Å². The monoisotopic (exact) mass is 412 g/mol. The van der Waals surface area contributed by atoms with Gasteiger partial charge in [0.1, 0.15) is 17.0 Å². The zero-order valence-electron chi connectivity index (χ0n) is 15.7. The van der Waals surface area contributed by atoms with Crippen molar-refractivity contribution in [3.8, 4) is 5.75 Å². The third kappa shape index (κ3) is 4.98. The Hall–Kier alpha value is -4.21. The number of fused-ring (bicyclic) bond motifs is 1. The van der Waals surface area contributed by atoms with Gasteiger partial charge in [-0.25, -0.2) is 9.59 Å². The van der Waals surface area contributed by atoms with Gasteiger partial charge < -0.3 is 19.2 Å². The predicted molar refractivity (Wildman–Crippen MR) is 105 cm³/mol. The SMILES string of the molecule is Cc1cc(=O)oc2cc(OCC(=O)OCC(=O)Nc3ccccc3[N+](=O)[O-])ccc12. The number of benzene rings is 2. The van der Waals surface area contributed by atoms with Crippen molar-refractivity contribution in [3.05, 3.63) is 74.6 Å². The van der Waals surface area contributed by atoms with Gasteiger partial charge in [0.2, 0.25) is 0 Å². The average Bonchev–Trinajstić information content (AvgIpc) is 2.70. The van der Waals surface area contributed by atoms with Crippen LogP contribution in [-0.2, 0) is 14.3 Å². The van der Waals surface area contributed by atoms with E-state index >= 15 is 0 Å². The predicted octanol–water partition coefficient (Wildman–Crippen LogP) is 2.57. The summed E-state index contributed by atoms with van der Waals surface area (Å²) in [5.74, 6) is -1.28. The molecule has 1 N–H and O–H groups in total. The van der Waals surface area contributed by atoms with Crippen LogP contribution in [0.4, 0.5) is 11.4 Å². The van der Waals surface area contributed by atoms with Crippen molar-refractivity contribution in [2.75, 3.05) is 18.5 Å². The van der Waals surface area contributed by atoms with E-state index < -0.39 is 35.6 Å². The number of aryl methyl sites for hydroxylation is 1. The molecule has 0 aliphatic heterocycles. The fraction of sp³-hybridized carbons (Fsp3) is 0.150. The van der Waals surface area contributed by atoms with Gasteiger partial charge in [0.15, 0.2) is 13.2 Å². The van der Waals surface area contributed by atoms with Crippen LogP contribution < -0.4 is 15.7 Å². The van der Waals surface area contributed by atoms with Crippen molar-refractivity contribution in [1.82, 2.24) is 0 Å². The topological polar surface area (TPSA) is 138 Å². The van der Waals surface area contributed by atoms with Gasteiger partial charge >= 0.3 is 11.6 Å². The first-order chi connectivity index (χ1) is 14.3. The van der Waals surface area contributed by atoms with E-state index in [1.807, 2.05) is 0 Å². The molecule has 0 aliphatic rings. The van der Waals surface area contributed by atoms with Crippen molar-refractivity contribution in [2.45, 2.75) is 6.92 Å². The van der Waals surface area contributed by atoms with E-state index in [4.69, 9.17) is 13.9 Å². The highest BCUT2D eigenvalue weighted by Crippen LogP contribution is 2.23. The number of para-hydroxylation sites is 2. The van der Waals surface area contributed by atoms with Crippen LogP contribution in [0.5, 0.6) is 5.75 Å². The third-order valence-electron chi connectivity index (χ3n) is 4.02. The first-order valence-electron chi connectivity index (χ1n) is 8.69. The van der Waals surface area contributed by atoms with Crippen molar-refractivity contribution in [1.29, 1.82) is 0 Å². The molecular weight excluding hydrogens is 396 g/mol. The van der Waals surface area contributed by atoms with E-state index in [0.717, 1.165) is 10.9 Å². The molecule has 1 heterocycles. The van der Waals surface area contributed by atoms with Gasteiger partial charge in [-0.05, 0) is 30.7 Å². The van der Waals surface area contributed by atoms with Gasteiger partial charge in [-0.1, -0.05) is 12.1 Å². The molecule has 0 radical (unpaired) electrons. The first kappa shape index (κ1) is 20.5. The minimum absolute atomic E-state index is 0.00671. The van der Waals surface area contributed by atoms with E-state index in [1.165, 1.54) is 36.4 Å². The first-order valence-corrected chi connectivity index (χ1v) is 8.69. The lowest BCUT2D eigenvalue weighted by Crippen LogP contribution is -2.24. The van der Waals surface area contributed by atoms with Gasteiger partial charge in [0.25, 0.3) is 11.6 Å². The summed E-state index contributed by atoms with van der Waals surface area (Å²) >= 11 is 0. The Morgan fingerprint density at radius 3 is 2.67 bits per heavy atom. The van der Waals surface area contributed by atoms with Crippen molar-refractivity contribution in [2.24, 2.45) is 0 Å². The highest BCUT2D eigenvalue weighted by atomic mass is 16.6. The van der Waals surface area contributed by atoms with E-state index in [0.29, 0.717) is 5.58 Å². The molecule has 0 spiro atoms. The molecule has 0 fully saturated rings. The molecule has 0 saturated carbocycles. The summed E-state index contributed by atoms with van der Waals surface area (Å²) in [5.41, 5.74) is 0.277. The number of esters is 1. The Morgan fingerprint density at radius 2 is 1.90 bits per heavy atom. The quantitative estimate of drug-likeness (QED) is 0.270. The van der Waals surface area contributed by atoms with E-state index in [1.54, 1.807) is 19.1 Å². The summed E-state index contributed by atoms with van der Waals surface area (Å²) < 4.78 is 15.2. The Bertz CT molecular complexity index is 1180. The number of nitrogens with zero attached hydrogens (tertiary/aromatic N) is 1. The van der Waals surface area contributed by atoms with Crippen molar-refractivity contribution >= 4 is 34.2 Å². The minimum Gasteiger partial charge on any atom is -0.482 e. The molecular formula is C20H16N2O8. The largest absolute Gasteiger partial charge is 0.482 e. The highest BCUT2D eigenvalue weighted by Gasteiger charge is 2.16. The molecule has 30 heavy (non-hydrogen) atoms. The minimum atomic E-state index is -0.821.